The predicted octanol–water partition coefficient (Wildman–Crippen LogP) is 2.86. The molecule has 2 aromatic carbocycles. The zero-order valence-corrected chi connectivity index (χ0v) is 15.9. The molecule has 6 nitrogen and oxygen atoms in total. The minimum Gasteiger partial charge on any atom is -0.507 e. The van der Waals surface area contributed by atoms with Gasteiger partial charge in [0.2, 0.25) is 0 Å². The molecule has 0 aliphatic carbocycles. The Balaban J connectivity index is 1.75. The molecule has 0 bridgehead atoms. The van der Waals surface area contributed by atoms with E-state index < -0.39 is 0 Å². The molecule has 2 N–H and O–H groups in total. The number of hydrogen-bond donors (Lipinski definition) is 2. The van der Waals surface area contributed by atoms with Gasteiger partial charge in [-0.25, -0.2) is 0 Å². The highest BCUT2D eigenvalue weighted by Gasteiger charge is 2.24. The molecule has 7 heteroatoms. The monoisotopic (exact) mass is 390 g/mol. The molecule has 1 amide bonds. The van der Waals surface area contributed by atoms with E-state index in [1.165, 1.54) is 12.1 Å². The molecule has 1 atom stereocenters. The summed E-state index contributed by atoms with van der Waals surface area (Å²) in [6.07, 6.45) is 0. The molecule has 1 heterocycles. The van der Waals surface area contributed by atoms with Crippen LogP contribution in [0, 0.1) is 0 Å². The Bertz CT molecular complexity index is 776. The highest BCUT2D eigenvalue weighted by Crippen LogP contribution is 2.25. The van der Waals surface area contributed by atoms with Crippen LogP contribution in [0.1, 0.15) is 22.0 Å². The van der Waals surface area contributed by atoms with E-state index in [0.29, 0.717) is 24.8 Å². The average molecular weight is 391 g/mol. The number of nitrogens with zero attached hydrogens (tertiary/aromatic N) is 1. The van der Waals surface area contributed by atoms with Gasteiger partial charge >= 0.3 is 0 Å². The number of aromatic hydroxyl groups is 1. The Labute approximate surface area is 163 Å². The minimum atomic E-state index is -0.337. The van der Waals surface area contributed by atoms with Gasteiger partial charge in [0.05, 0.1) is 31.9 Å². The summed E-state index contributed by atoms with van der Waals surface area (Å²) >= 11 is 5.83. The van der Waals surface area contributed by atoms with Crippen LogP contribution in [-0.2, 0) is 4.74 Å². The molecule has 0 spiro atoms. The maximum atomic E-state index is 12.5. The zero-order valence-electron chi connectivity index (χ0n) is 15.2. The molecule has 1 aliphatic rings. The number of nitrogens with one attached hydrogen (secondary N) is 1. The van der Waals surface area contributed by atoms with Crippen molar-refractivity contribution in [2.45, 2.75) is 6.04 Å². The van der Waals surface area contributed by atoms with Crippen LogP contribution in [0.25, 0.3) is 0 Å². The number of carbonyl (C=O) groups is 1. The molecule has 27 heavy (non-hydrogen) atoms. The lowest BCUT2D eigenvalue weighted by molar-refractivity contribution is 0.0162. The van der Waals surface area contributed by atoms with E-state index in [2.05, 4.69) is 10.2 Å². The first kappa shape index (κ1) is 19.5. The second kappa shape index (κ2) is 9.08. The largest absolute Gasteiger partial charge is 0.507 e. The molecule has 1 aliphatic heterocycles. The molecule has 0 saturated carbocycles. The van der Waals surface area contributed by atoms with Crippen molar-refractivity contribution < 1.29 is 19.4 Å². The van der Waals surface area contributed by atoms with Crippen LogP contribution in [0.2, 0.25) is 5.02 Å². The number of morpholine rings is 1. The summed E-state index contributed by atoms with van der Waals surface area (Å²) in [4.78, 5) is 14.8. The third-order valence-electron chi connectivity index (χ3n) is 4.65. The van der Waals surface area contributed by atoms with E-state index in [0.717, 1.165) is 24.4 Å². The third-order valence-corrected chi connectivity index (χ3v) is 4.88. The minimum absolute atomic E-state index is 0.00167. The number of halogens is 1. The Morgan fingerprint density at radius 1 is 1.26 bits per heavy atom. The first-order valence-corrected chi connectivity index (χ1v) is 9.18. The van der Waals surface area contributed by atoms with Gasteiger partial charge in [-0.3, -0.25) is 9.69 Å². The van der Waals surface area contributed by atoms with Crippen LogP contribution in [-0.4, -0.2) is 55.9 Å². The second-order valence-electron chi connectivity index (χ2n) is 6.31. The van der Waals surface area contributed by atoms with Gasteiger partial charge in [-0.15, -0.1) is 0 Å². The summed E-state index contributed by atoms with van der Waals surface area (Å²) in [5, 5.41) is 13.3. The van der Waals surface area contributed by atoms with Crippen molar-refractivity contribution in [1.82, 2.24) is 10.2 Å². The molecule has 0 aromatic heterocycles. The van der Waals surface area contributed by atoms with Crippen LogP contribution < -0.4 is 10.1 Å². The normalized spacial score (nSPS) is 15.9. The van der Waals surface area contributed by atoms with Crippen molar-refractivity contribution in [3.8, 4) is 11.5 Å². The van der Waals surface area contributed by atoms with Gasteiger partial charge in [-0.1, -0.05) is 23.7 Å². The molecule has 1 fully saturated rings. The van der Waals surface area contributed by atoms with Crippen molar-refractivity contribution in [2.24, 2.45) is 0 Å². The van der Waals surface area contributed by atoms with E-state index >= 15 is 0 Å². The fraction of sp³-hybridized carbons (Fsp3) is 0.350. The van der Waals surface area contributed by atoms with Crippen LogP contribution in [0.15, 0.2) is 42.5 Å². The number of hydrogen-bond acceptors (Lipinski definition) is 5. The maximum absolute atomic E-state index is 12.5. The van der Waals surface area contributed by atoms with Gasteiger partial charge in [-0.05, 0) is 35.9 Å². The first-order valence-electron chi connectivity index (χ1n) is 8.81. The SMILES string of the molecule is COc1ccc(C(CNC(=O)c2ccc(Cl)cc2O)N2CCOCC2)cc1. The predicted molar refractivity (Wildman–Crippen MR) is 104 cm³/mol. The van der Waals surface area contributed by atoms with Gasteiger partial charge in [0.15, 0.2) is 0 Å². The summed E-state index contributed by atoms with van der Waals surface area (Å²) in [6.45, 7) is 3.32. The molecular weight excluding hydrogens is 368 g/mol. The smallest absolute Gasteiger partial charge is 0.255 e. The van der Waals surface area contributed by atoms with Crippen molar-refractivity contribution >= 4 is 17.5 Å². The fourth-order valence-corrected chi connectivity index (χ4v) is 3.32. The molecule has 3 rings (SSSR count). The third kappa shape index (κ3) is 4.91. The van der Waals surface area contributed by atoms with E-state index in [4.69, 9.17) is 21.1 Å². The summed E-state index contributed by atoms with van der Waals surface area (Å²) in [6, 6.07) is 12.3. The van der Waals surface area contributed by atoms with Crippen molar-refractivity contribution in [3.05, 3.63) is 58.6 Å². The molecular formula is C20H23ClN2O4. The average Bonchev–Trinajstić information content (AvgIpc) is 2.69. The number of rotatable bonds is 6. The molecule has 144 valence electrons. The van der Waals surface area contributed by atoms with E-state index in [1.54, 1.807) is 13.2 Å². The first-order chi connectivity index (χ1) is 13.1. The molecule has 0 radical (unpaired) electrons. The second-order valence-corrected chi connectivity index (χ2v) is 6.75. The number of amides is 1. The Morgan fingerprint density at radius 3 is 2.59 bits per heavy atom. The van der Waals surface area contributed by atoms with Crippen LogP contribution in [0.3, 0.4) is 0 Å². The number of ether oxygens (including phenoxy) is 2. The van der Waals surface area contributed by atoms with Gasteiger partial charge in [-0.2, -0.15) is 0 Å². The quantitative estimate of drug-likeness (QED) is 0.793. The Hall–Kier alpha value is -2.28. The molecule has 2 aromatic rings. The van der Waals surface area contributed by atoms with Crippen LogP contribution in [0.5, 0.6) is 11.5 Å². The van der Waals surface area contributed by atoms with E-state index in [1.807, 2.05) is 24.3 Å². The molecule has 1 unspecified atom stereocenters. The number of methoxy groups -OCH3 is 1. The maximum Gasteiger partial charge on any atom is 0.255 e. The van der Waals surface area contributed by atoms with Crippen molar-refractivity contribution in [2.75, 3.05) is 40.0 Å². The van der Waals surface area contributed by atoms with E-state index in [-0.39, 0.29) is 23.3 Å². The summed E-state index contributed by atoms with van der Waals surface area (Å²) in [5.41, 5.74) is 1.29. The number of phenolic OH excluding ortho intramolecular Hbond substituents is 1. The lowest BCUT2D eigenvalue weighted by Gasteiger charge is -2.35. The fourth-order valence-electron chi connectivity index (χ4n) is 3.15. The lowest BCUT2D eigenvalue weighted by Crippen LogP contribution is -2.43. The van der Waals surface area contributed by atoms with Crippen LogP contribution >= 0.6 is 11.6 Å². The number of phenols is 1. The highest BCUT2D eigenvalue weighted by molar-refractivity contribution is 6.30. The van der Waals surface area contributed by atoms with E-state index in [9.17, 15) is 9.90 Å². The van der Waals surface area contributed by atoms with Gasteiger partial charge in [0.25, 0.3) is 5.91 Å². The number of carbonyl (C=O) groups excluding carboxylic acids is 1. The van der Waals surface area contributed by atoms with Crippen molar-refractivity contribution in [1.29, 1.82) is 0 Å². The summed E-state index contributed by atoms with van der Waals surface area (Å²) in [5.74, 6) is 0.318. The summed E-state index contributed by atoms with van der Waals surface area (Å²) in [7, 11) is 1.63. The Morgan fingerprint density at radius 2 is 1.96 bits per heavy atom. The zero-order chi connectivity index (χ0) is 19.2. The van der Waals surface area contributed by atoms with Gasteiger partial charge < -0.3 is 19.9 Å². The Kier molecular flexibility index (Phi) is 6.55. The molecule has 1 saturated heterocycles. The number of benzene rings is 2. The van der Waals surface area contributed by atoms with Gasteiger partial charge in [0, 0.05) is 24.7 Å². The van der Waals surface area contributed by atoms with Crippen LogP contribution in [0.4, 0.5) is 0 Å². The highest BCUT2D eigenvalue weighted by atomic mass is 35.5. The topological polar surface area (TPSA) is 71.0 Å². The summed E-state index contributed by atoms with van der Waals surface area (Å²) < 4.78 is 10.7. The van der Waals surface area contributed by atoms with Crippen molar-refractivity contribution in [3.63, 3.8) is 0 Å². The standard InChI is InChI=1S/C20H23ClN2O4/c1-26-16-5-2-14(3-6-16)18(23-8-10-27-11-9-23)13-22-20(25)17-7-4-15(21)12-19(17)24/h2-7,12,18,24H,8-11,13H2,1H3,(H,22,25). The van der Waals surface area contributed by atoms with Gasteiger partial charge in [0.1, 0.15) is 11.5 Å². The lowest BCUT2D eigenvalue weighted by atomic mass is 10.0.